The number of ether oxygens (including phenoxy) is 1. The molecule has 0 unspecified atom stereocenters. The monoisotopic (exact) mass is 333 g/mol. The van der Waals surface area contributed by atoms with E-state index in [-0.39, 0.29) is 17.6 Å². The Bertz CT molecular complexity index is 551. The highest BCUT2D eigenvalue weighted by molar-refractivity contribution is 5.69. The molecule has 5 nitrogen and oxygen atoms in total. The second-order valence-electron chi connectivity index (χ2n) is 8.31. The van der Waals surface area contributed by atoms with Gasteiger partial charge in [0.2, 0.25) is 0 Å². The smallest absolute Gasteiger partial charge is 0.410 e. The second kappa shape index (κ2) is 7.09. The van der Waals surface area contributed by atoms with Gasteiger partial charge in [0, 0.05) is 29.9 Å². The topological polar surface area (TPSA) is 68.5 Å². The molecule has 0 spiro atoms. The third-order valence-electron chi connectivity index (χ3n) is 4.64. The zero-order valence-corrected chi connectivity index (χ0v) is 15.6. The predicted octanol–water partition coefficient (Wildman–Crippen LogP) is 3.55. The number of nitrogens with two attached hydrogens (primary N) is 1. The molecule has 134 valence electrons. The van der Waals surface area contributed by atoms with Crippen LogP contribution in [-0.2, 0) is 4.74 Å². The van der Waals surface area contributed by atoms with Gasteiger partial charge in [0.25, 0.3) is 0 Å². The van der Waals surface area contributed by atoms with Gasteiger partial charge in [-0.2, -0.15) is 0 Å². The van der Waals surface area contributed by atoms with Crippen LogP contribution in [0.15, 0.2) is 24.4 Å². The van der Waals surface area contributed by atoms with E-state index >= 15 is 0 Å². The minimum Gasteiger partial charge on any atom is -0.444 e. The zero-order chi connectivity index (χ0) is 18.0. The Kier molecular flexibility index (Phi) is 5.53. The molecule has 1 aromatic heterocycles. The molecule has 24 heavy (non-hydrogen) atoms. The first-order chi connectivity index (χ1) is 11.1. The van der Waals surface area contributed by atoms with Crippen LogP contribution in [-0.4, -0.2) is 40.2 Å². The van der Waals surface area contributed by atoms with Crippen LogP contribution in [0.3, 0.4) is 0 Å². The molecule has 1 aliphatic rings. The Labute approximate surface area is 145 Å². The van der Waals surface area contributed by atoms with Gasteiger partial charge in [0.15, 0.2) is 0 Å². The molecule has 0 aliphatic carbocycles. The van der Waals surface area contributed by atoms with Gasteiger partial charge in [-0.25, -0.2) is 4.79 Å². The van der Waals surface area contributed by atoms with Crippen LogP contribution in [0.5, 0.6) is 0 Å². The molecule has 1 aliphatic heterocycles. The normalized spacial score (nSPS) is 21.6. The first-order valence-electron chi connectivity index (χ1n) is 8.75. The van der Waals surface area contributed by atoms with E-state index in [4.69, 9.17) is 10.5 Å². The van der Waals surface area contributed by atoms with Gasteiger partial charge in [0.05, 0.1) is 0 Å². The Morgan fingerprint density at radius 3 is 2.71 bits per heavy atom. The van der Waals surface area contributed by atoms with Crippen molar-refractivity contribution in [3.63, 3.8) is 0 Å². The molecule has 2 rings (SSSR count). The minimum atomic E-state index is -0.483. The Balaban J connectivity index is 2.19. The van der Waals surface area contributed by atoms with Gasteiger partial charge in [-0.3, -0.25) is 4.98 Å². The summed E-state index contributed by atoms with van der Waals surface area (Å²) in [5, 5.41) is 0. The van der Waals surface area contributed by atoms with Crippen LogP contribution >= 0.6 is 0 Å². The van der Waals surface area contributed by atoms with Crippen LogP contribution < -0.4 is 5.73 Å². The van der Waals surface area contributed by atoms with Crippen molar-refractivity contribution in [2.24, 2.45) is 11.7 Å². The number of hydrogen-bond acceptors (Lipinski definition) is 4. The fourth-order valence-electron chi connectivity index (χ4n) is 3.61. The van der Waals surface area contributed by atoms with Gasteiger partial charge >= 0.3 is 6.09 Å². The number of likely N-dealkylation sites (tertiary alicyclic amines) is 1. The van der Waals surface area contributed by atoms with E-state index < -0.39 is 5.60 Å². The van der Waals surface area contributed by atoms with Crippen molar-refractivity contribution in [3.8, 4) is 0 Å². The number of amides is 1. The van der Waals surface area contributed by atoms with Crippen molar-refractivity contribution in [1.82, 2.24) is 9.88 Å². The molecule has 1 fully saturated rings. The van der Waals surface area contributed by atoms with Crippen LogP contribution in [0.2, 0.25) is 0 Å². The number of rotatable bonds is 4. The largest absolute Gasteiger partial charge is 0.444 e. The Morgan fingerprint density at radius 2 is 2.17 bits per heavy atom. The van der Waals surface area contributed by atoms with Crippen molar-refractivity contribution >= 4 is 6.09 Å². The van der Waals surface area contributed by atoms with Crippen molar-refractivity contribution in [2.75, 3.05) is 13.1 Å². The van der Waals surface area contributed by atoms with Crippen molar-refractivity contribution in [2.45, 2.75) is 64.5 Å². The Morgan fingerprint density at radius 1 is 1.46 bits per heavy atom. The van der Waals surface area contributed by atoms with E-state index in [9.17, 15) is 4.79 Å². The quantitative estimate of drug-likeness (QED) is 0.915. The Hall–Kier alpha value is -1.62. The maximum Gasteiger partial charge on any atom is 0.410 e. The molecule has 1 aromatic rings. The molecule has 0 saturated carbocycles. The fourth-order valence-corrected chi connectivity index (χ4v) is 3.61. The van der Waals surface area contributed by atoms with Gasteiger partial charge in [0.1, 0.15) is 5.60 Å². The highest BCUT2D eigenvalue weighted by Crippen LogP contribution is 2.41. The van der Waals surface area contributed by atoms with Gasteiger partial charge in [-0.15, -0.1) is 0 Å². The lowest BCUT2D eigenvalue weighted by Crippen LogP contribution is -2.45. The van der Waals surface area contributed by atoms with Crippen LogP contribution in [0.4, 0.5) is 4.79 Å². The van der Waals surface area contributed by atoms with E-state index in [0.717, 1.165) is 18.5 Å². The number of pyridine rings is 1. The van der Waals surface area contributed by atoms with E-state index in [0.29, 0.717) is 19.0 Å². The molecule has 2 atom stereocenters. The molecule has 1 amide bonds. The summed E-state index contributed by atoms with van der Waals surface area (Å²) in [6, 6.07) is 6.00. The zero-order valence-electron chi connectivity index (χ0n) is 15.6. The number of nitrogens with zero attached hydrogens (tertiary/aromatic N) is 2. The summed E-state index contributed by atoms with van der Waals surface area (Å²) >= 11 is 0. The first-order valence-corrected chi connectivity index (χ1v) is 8.75. The average Bonchev–Trinajstić information content (AvgIpc) is 2.79. The number of carbonyl (C=O) groups is 1. The number of aromatic nitrogens is 1. The van der Waals surface area contributed by atoms with E-state index in [1.807, 2.05) is 44.0 Å². The van der Waals surface area contributed by atoms with Crippen molar-refractivity contribution < 1.29 is 9.53 Å². The average molecular weight is 333 g/mol. The van der Waals surface area contributed by atoms with Gasteiger partial charge in [-0.05, 0) is 72.1 Å². The second-order valence-corrected chi connectivity index (χ2v) is 8.31. The van der Waals surface area contributed by atoms with E-state index in [1.165, 1.54) is 0 Å². The molecule has 5 heteroatoms. The third kappa shape index (κ3) is 4.47. The summed E-state index contributed by atoms with van der Waals surface area (Å²) in [5.41, 5.74) is 6.20. The highest BCUT2D eigenvalue weighted by atomic mass is 16.6. The summed E-state index contributed by atoms with van der Waals surface area (Å²) in [7, 11) is 0. The molecule has 0 bridgehead atoms. The fraction of sp³-hybridized carbons (Fsp3) is 0.684. The lowest BCUT2D eigenvalue weighted by molar-refractivity contribution is 0.0130. The SMILES string of the molecule is CC(C)(C)OC(=O)N1C[C@H]([C@H](CCN)c2ccccn2)CC1(C)C. The molecule has 0 radical (unpaired) electrons. The lowest BCUT2D eigenvalue weighted by atomic mass is 9.82. The summed E-state index contributed by atoms with van der Waals surface area (Å²) < 4.78 is 5.60. The molecule has 0 aromatic carbocycles. The third-order valence-corrected chi connectivity index (χ3v) is 4.64. The van der Waals surface area contributed by atoms with Crippen LogP contribution in [0, 0.1) is 5.92 Å². The van der Waals surface area contributed by atoms with E-state index in [1.54, 1.807) is 0 Å². The number of hydrogen-bond donors (Lipinski definition) is 1. The molecular weight excluding hydrogens is 302 g/mol. The van der Waals surface area contributed by atoms with E-state index in [2.05, 4.69) is 24.9 Å². The molecular formula is C19H31N3O2. The predicted molar refractivity (Wildman–Crippen MR) is 95.8 cm³/mol. The first kappa shape index (κ1) is 18.7. The van der Waals surface area contributed by atoms with Crippen molar-refractivity contribution in [1.29, 1.82) is 0 Å². The van der Waals surface area contributed by atoms with Crippen molar-refractivity contribution in [3.05, 3.63) is 30.1 Å². The minimum absolute atomic E-state index is 0.228. The van der Waals surface area contributed by atoms with Gasteiger partial charge < -0.3 is 15.4 Å². The van der Waals surface area contributed by atoms with Gasteiger partial charge in [-0.1, -0.05) is 6.07 Å². The lowest BCUT2D eigenvalue weighted by Gasteiger charge is -2.33. The summed E-state index contributed by atoms with van der Waals surface area (Å²) in [4.78, 5) is 19.0. The maximum absolute atomic E-state index is 12.6. The molecule has 1 saturated heterocycles. The molecule has 2 heterocycles. The summed E-state index contributed by atoms with van der Waals surface area (Å²) in [5.74, 6) is 0.605. The standard InChI is InChI=1S/C19H31N3O2/c1-18(2,3)24-17(23)22-13-14(12-19(22,4)5)15(9-10-20)16-8-6-7-11-21-16/h6-8,11,14-15H,9-10,12-13,20H2,1-5H3/t14-,15+/m1/s1. The number of carbonyl (C=O) groups excluding carboxylic acids is 1. The molecule has 2 N–H and O–H groups in total. The summed E-state index contributed by atoms with van der Waals surface area (Å²) in [6.07, 6.45) is 3.39. The highest BCUT2D eigenvalue weighted by Gasteiger charge is 2.45. The van der Waals surface area contributed by atoms with Crippen LogP contribution in [0.25, 0.3) is 0 Å². The maximum atomic E-state index is 12.6. The summed E-state index contributed by atoms with van der Waals surface area (Å²) in [6.45, 7) is 11.2. The van der Waals surface area contributed by atoms with Crippen LogP contribution in [0.1, 0.15) is 59.1 Å².